The molecule has 112 valence electrons. The lowest BCUT2D eigenvalue weighted by Gasteiger charge is -2.16. The van der Waals surface area contributed by atoms with Gasteiger partial charge in [0.05, 0.1) is 19.6 Å². The maximum atomic E-state index is 13.0. The molecule has 0 aliphatic heterocycles. The van der Waals surface area contributed by atoms with Gasteiger partial charge >= 0.3 is 5.97 Å². The number of carbonyl (C=O) groups is 2. The third-order valence-corrected chi connectivity index (χ3v) is 2.86. The Hall–Kier alpha value is -2.42. The van der Waals surface area contributed by atoms with Gasteiger partial charge < -0.3 is 10.1 Å². The van der Waals surface area contributed by atoms with Crippen molar-refractivity contribution in [2.75, 3.05) is 7.11 Å². The van der Waals surface area contributed by atoms with Gasteiger partial charge in [0.1, 0.15) is 11.9 Å². The molecule has 0 saturated carbocycles. The van der Waals surface area contributed by atoms with E-state index in [1.54, 1.807) is 6.07 Å². The standard InChI is InChI=1S/C15H17FN2O3/c1-21-15(20)13(7-2-3-8-17)18-14(19)10-11-5-4-6-12(16)9-11/h4-6,9,13H,2-3,7,10H2,1H3,(H,18,19)/t13-/m1/s1. The molecule has 0 aliphatic rings. The fourth-order valence-corrected chi connectivity index (χ4v) is 1.85. The van der Waals surface area contributed by atoms with Gasteiger partial charge in [0, 0.05) is 6.42 Å². The predicted molar refractivity (Wildman–Crippen MR) is 73.5 cm³/mol. The van der Waals surface area contributed by atoms with Crippen molar-refractivity contribution in [2.24, 2.45) is 0 Å². The van der Waals surface area contributed by atoms with Crippen molar-refractivity contribution in [1.29, 1.82) is 5.26 Å². The number of esters is 1. The van der Waals surface area contributed by atoms with Gasteiger partial charge in [-0.05, 0) is 30.5 Å². The Morgan fingerprint density at radius 2 is 2.24 bits per heavy atom. The first-order valence-electron chi connectivity index (χ1n) is 6.55. The average Bonchev–Trinajstić information content (AvgIpc) is 2.45. The molecule has 1 amide bonds. The van der Waals surface area contributed by atoms with E-state index in [9.17, 15) is 14.0 Å². The third kappa shape index (κ3) is 6.04. The number of benzene rings is 1. The van der Waals surface area contributed by atoms with Crippen LogP contribution in [0.4, 0.5) is 4.39 Å². The third-order valence-electron chi connectivity index (χ3n) is 2.86. The second kappa shape index (κ2) is 8.69. The fraction of sp³-hybridized carbons (Fsp3) is 0.400. The van der Waals surface area contributed by atoms with Crippen molar-refractivity contribution in [1.82, 2.24) is 5.32 Å². The summed E-state index contributed by atoms with van der Waals surface area (Å²) in [5.41, 5.74) is 0.521. The van der Waals surface area contributed by atoms with Gasteiger partial charge in [-0.1, -0.05) is 12.1 Å². The monoisotopic (exact) mass is 292 g/mol. The van der Waals surface area contributed by atoms with Crippen LogP contribution in [0.1, 0.15) is 24.8 Å². The van der Waals surface area contributed by atoms with Crippen LogP contribution in [-0.4, -0.2) is 25.0 Å². The van der Waals surface area contributed by atoms with Crippen LogP contribution >= 0.6 is 0 Å². The first-order valence-corrected chi connectivity index (χ1v) is 6.55. The molecule has 0 fully saturated rings. The molecule has 6 heteroatoms. The van der Waals surface area contributed by atoms with Crippen molar-refractivity contribution in [3.63, 3.8) is 0 Å². The number of unbranched alkanes of at least 4 members (excludes halogenated alkanes) is 1. The van der Waals surface area contributed by atoms with E-state index in [4.69, 9.17) is 5.26 Å². The smallest absolute Gasteiger partial charge is 0.328 e. The summed E-state index contributed by atoms with van der Waals surface area (Å²) in [6.07, 6.45) is 1.09. The van der Waals surface area contributed by atoms with Gasteiger partial charge in [-0.3, -0.25) is 4.79 Å². The van der Waals surface area contributed by atoms with Gasteiger partial charge in [-0.15, -0.1) is 0 Å². The molecule has 1 rings (SSSR count). The lowest BCUT2D eigenvalue weighted by Crippen LogP contribution is -2.42. The molecule has 0 aliphatic carbocycles. The molecule has 1 atom stereocenters. The zero-order chi connectivity index (χ0) is 15.7. The van der Waals surface area contributed by atoms with E-state index < -0.39 is 23.7 Å². The van der Waals surface area contributed by atoms with E-state index >= 15 is 0 Å². The molecule has 0 bridgehead atoms. The number of amides is 1. The molecule has 1 aromatic rings. The lowest BCUT2D eigenvalue weighted by molar-refractivity contribution is -0.145. The summed E-state index contributed by atoms with van der Waals surface area (Å²) in [5, 5.41) is 11.0. The number of halogens is 1. The predicted octanol–water partition coefficient (Wildman–Crippen LogP) is 1.72. The Kier molecular flexibility index (Phi) is 6.88. The van der Waals surface area contributed by atoms with Gasteiger partial charge in [-0.25, -0.2) is 9.18 Å². The molecule has 21 heavy (non-hydrogen) atoms. The molecule has 1 N–H and O–H groups in total. The van der Waals surface area contributed by atoms with Crippen LogP contribution in [0.2, 0.25) is 0 Å². The molecular formula is C15H17FN2O3. The summed E-state index contributed by atoms with van der Waals surface area (Å²) in [5.74, 6) is -1.37. The lowest BCUT2D eigenvalue weighted by atomic mass is 10.1. The van der Waals surface area contributed by atoms with E-state index in [2.05, 4.69) is 10.1 Å². The SMILES string of the molecule is COC(=O)[C@@H](CCCC#N)NC(=O)Cc1cccc(F)c1. The molecular weight excluding hydrogens is 275 g/mol. The summed E-state index contributed by atoms with van der Waals surface area (Å²) in [4.78, 5) is 23.4. The first-order chi connectivity index (χ1) is 10.1. The van der Waals surface area contributed by atoms with Crippen molar-refractivity contribution >= 4 is 11.9 Å². The summed E-state index contributed by atoms with van der Waals surface area (Å²) in [7, 11) is 1.23. The van der Waals surface area contributed by atoms with E-state index in [0.29, 0.717) is 24.8 Å². The van der Waals surface area contributed by atoms with Crippen LogP contribution in [0, 0.1) is 17.1 Å². The number of hydrogen-bond donors (Lipinski definition) is 1. The van der Waals surface area contributed by atoms with Gasteiger partial charge in [0.2, 0.25) is 5.91 Å². The highest BCUT2D eigenvalue weighted by Crippen LogP contribution is 2.06. The minimum absolute atomic E-state index is 0.0243. The van der Waals surface area contributed by atoms with Crippen molar-refractivity contribution in [3.05, 3.63) is 35.6 Å². The summed E-state index contributed by atoms with van der Waals surface area (Å²) in [6.45, 7) is 0. The van der Waals surface area contributed by atoms with Crippen LogP contribution in [0.15, 0.2) is 24.3 Å². The molecule has 0 spiro atoms. The molecule has 0 unspecified atom stereocenters. The Bertz CT molecular complexity index is 540. The number of hydrogen-bond acceptors (Lipinski definition) is 4. The number of rotatable bonds is 7. The largest absolute Gasteiger partial charge is 0.467 e. The summed E-state index contributed by atoms with van der Waals surface area (Å²) < 4.78 is 17.6. The molecule has 0 aromatic heterocycles. The Morgan fingerprint density at radius 3 is 2.86 bits per heavy atom. The van der Waals surface area contributed by atoms with E-state index in [0.717, 1.165) is 0 Å². The van der Waals surface area contributed by atoms with Gasteiger partial charge in [0.15, 0.2) is 0 Å². The Morgan fingerprint density at radius 1 is 1.48 bits per heavy atom. The molecule has 0 radical (unpaired) electrons. The van der Waals surface area contributed by atoms with E-state index in [1.807, 2.05) is 6.07 Å². The quantitative estimate of drug-likeness (QED) is 0.613. The number of nitrogens with zero attached hydrogens (tertiary/aromatic N) is 1. The Balaban J connectivity index is 2.59. The maximum absolute atomic E-state index is 13.0. The second-order valence-corrected chi connectivity index (χ2v) is 4.50. The highest BCUT2D eigenvalue weighted by atomic mass is 19.1. The van der Waals surface area contributed by atoms with Crippen LogP contribution in [0.5, 0.6) is 0 Å². The maximum Gasteiger partial charge on any atom is 0.328 e. The highest BCUT2D eigenvalue weighted by Gasteiger charge is 2.21. The zero-order valence-electron chi connectivity index (χ0n) is 11.8. The van der Waals surface area contributed by atoms with Crippen molar-refractivity contribution in [2.45, 2.75) is 31.7 Å². The normalized spacial score (nSPS) is 11.3. The van der Waals surface area contributed by atoms with Crippen LogP contribution in [0.25, 0.3) is 0 Å². The number of nitrogens with one attached hydrogen (secondary N) is 1. The fourth-order valence-electron chi connectivity index (χ4n) is 1.85. The first kappa shape index (κ1) is 16.6. The molecule has 1 aromatic carbocycles. The Labute approximate surface area is 122 Å². The van der Waals surface area contributed by atoms with Gasteiger partial charge in [-0.2, -0.15) is 5.26 Å². The topological polar surface area (TPSA) is 79.2 Å². The molecule has 5 nitrogen and oxygen atoms in total. The van der Waals surface area contributed by atoms with Crippen LogP contribution < -0.4 is 5.32 Å². The van der Waals surface area contributed by atoms with Crippen molar-refractivity contribution in [3.8, 4) is 6.07 Å². The molecule has 0 heterocycles. The van der Waals surface area contributed by atoms with Crippen molar-refractivity contribution < 1.29 is 18.7 Å². The van der Waals surface area contributed by atoms with E-state index in [1.165, 1.54) is 25.3 Å². The number of methoxy groups -OCH3 is 1. The van der Waals surface area contributed by atoms with Crippen LogP contribution in [-0.2, 0) is 20.7 Å². The highest BCUT2D eigenvalue weighted by molar-refractivity contribution is 5.85. The number of nitriles is 1. The summed E-state index contributed by atoms with van der Waals surface area (Å²) >= 11 is 0. The number of ether oxygens (including phenoxy) is 1. The average molecular weight is 292 g/mol. The second-order valence-electron chi connectivity index (χ2n) is 4.50. The van der Waals surface area contributed by atoms with Crippen LogP contribution in [0.3, 0.4) is 0 Å². The summed E-state index contributed by atoms with van der Waals surface area (Å²) in [6, 6.07) is 6.89. The minimum atomic E-state index is -0.788. The van der Waals surface area contributed by atoms with E-state index in [-0.39, 0.29) is 6.42 Å². The van der Waals surface area contributed by atoms with Gasteiger partial charge in [0.25, 0.3) is 0 Å². The zero-order valence-corrected chi connectivity index (χ0v) is 11.8. The minimum Gasteiger partial charge on any atom is -0.467 e. The number of carbonyl (C=O) groups excluding carboxylic acids is 2. The molecule has 0 saturated heterocycles.